The molecule has 2 N–H and O–H groups in total. The summed E-state index contributed by atoms with van der Waals surface area (Å²) in [4.78, 5) is 25.7. The van der Waals surface area contributed by atoms with Gasteiger partial charge in [0.25, 0.3) is 5.56 Å². The molecule has 0 bridgehead atoms. The van der Waals surface area contributed by atoms with Crippen molar-refractivity contribution in [1.29, 1.82) is 0 Å². The van der Waals surface area contributed by atoms with Crippen LogP contribution in [0.15, 0.2) is 15.8 Å². The number of ether oxygens (including phenoxy) is 1. The van der Waals surface area contributed by atoms with Gasteiger partial charge in [0.15, 0.2) is 0 Å². The predicted molar refractivity (Wildman–Crippen MR) is 95.5 cm³/mol. The largest absolute Gasteiger partial charge is 0.390 e. The molecule has 0 radical (unpaired) electrons. The Kier molecular flexibility index (Phi) is 6.99. The van der Waals surface area contributed by atoms with Gasteiger partial charge in [-0.15, -0.1) is 0 Å². The van der Waals surface area contributed by atoms with Crippen molar-refractivity contribution in [2.45, 2.75) is 52.6 Å². The summed E-state index contributed by atoms with van der Waals surface area (Å²) in [5.74, 6) is -0.321. The van der Waals surface area contributed by atoms with Crippen molar-refractivity contribution in [3.8, 4) is 0 Å². The lowest BCUT2D eigenvalue weighted by molar-refractivity contribution is -0.0435. The standard InChI is InChI=1S/C16H27N2O7P/c1-5-23-26(22,24-6-2)9-11(4)14-12(19)7-13(25-14)18-8-10(3)15(20)17-16(18)21/h8,11-14,19H,5-7,9H2,1-4H3,(H,17,20,21)/t11-,12-,13-,14?/m1/s1. The molecular formula is C16H27N2O7P. The molecule has 2 rings (SSSR count). The van der Waals surface area contributed by atoms with Gasteiger partial charge < -0.3 is 18.9 Å². The Morgan fingerprint density at radius 1 is 1.38 bits per heavy atom. The van der Waals surface area contributed by atoms with Crippen molar-refractivity contribution in [2.24, 2.45) is 5.92 Å². The van der Waals surface area contributed by atoms with E-state index in [1.807, 2.05) is 0 Å². The number of aliphatic hydroxyl groups is 1. The molecule has 0 aliphatic carbocycles. The smallest absolute Gasteiger partial charge is 0.331 e. The number of aliphatic hydroxyl groups excluding tert-OH is 1. The predicted octanol–water partition coefficient (Wildman–Crippen LogP) is 1.40. The number of nitrogens with one attached hydrogen (secondary N) is 1. The van der Waals surface area contributed by atoms with Gasteiger partial charge in [-0.3, -0.25) is 18.9 Å². The number of aromatic nitrogens is 2. The summed E-state index contributed by atoms with van der Waals surface area (Å²) in [5, 5.41) is 10.4. The van der Waals surface area contributed by atoms with Crippen LogP contribution < -0.4 is 11.2 Å². The van der Waals surface area contributed by atoms with Gasteiger partial charge in [0.2, 0.25) is 0 Å². The SMILES string of the molecule is CCOP(=O)(C[C@@H](C)C1O[C@@H](n2cc(C)c(=O)[nH]c2=O)C[C@H]1O)OCC. The first-order valence-corrected chi connectivity index (χ1v) is 10.5. The molecule has 148 valence electrons. The first-order valence-electron chi connectivity index (χ1n) is 8.74. The van der Waals surface area contributed by atoms with Gasteiger partial charge in [-0.2, -0.15) is 0 Å². The maximum Gasteiger partial charge on any atom is 0.331 e. The molecule has 1 fully saturated rings. The van der Waals surface area contributed by atoms with Crippen LogP contribution in [-0.2, 0) is 18.3 Å². The minimum atomic E-state index is -3.28. The molecule has 1 saturated heterocycles. The van der Waals surface area contributed by atoms with Gasteiger partial charge in [-0.25, -0.2) is 4.79 Å². The van der Waals surface area contributed by atoms with Crippen molar-refractivity contribution < 1.29 is 23.5 Å². The molecule has 0 spiro atoms. The lowest BCUT2D eigenvalue weighted by atomic mass is 10.0. The summed E-state index contributed by atoms with van der Waals surface area (Å²) in [7, 11) is -3.28. The van der Waals surface area contributed by atoms with E-state index >= 15 is 0 Å². The highest BCUT2D eigenvalue weighted by Gasteiger charge is 2.41. The minimum Gasteiger partial charge on any atom is -0.390 e. The molecule has 0 amide bonds. The third-order valence-corrected chi connectivity index (χ3v) is 6.64. The highest BCUT2D eigenvalue weighted by molar-refractivity contribution is 7.53. The van der Waals surface area contributed by atoms with Gasteiger partial charge in [0.05, 0.1) is 31.6 Å². The monoisotopic (exact) mass is 390 g/mol. The van der Waals surface area contributed by atoms with Crippen LogP contribution in [0, 0.1) is 12.8 Å². The fourth-order valence-electron chi connectivity index (χ4n) is 3.15. The second kappa shape index (κ2) is 8.63. The Morgan fingerprint density at radius 2 is 2.00 bits per heavy atom. The average molecular weight is 390 g/mol. The Bertz CT molecular complexity index is 765. The molecule has 1 unspecified atom stereocenters. The van der Waals surface area contributed by atoms with Crippen molar-refractivity contribution >= 4 is 7.60 Å². The average Bonchev–Trinajstić information content (AvgIpc) is 2.93. The summed E-state index contributed by atoms with van der Waals surface area (Å²) in [6.45, 7) is 7.36. The fraction of sp³-hybridized carbons (Fsp3) is 0.750. The summed E-state index contributed by atoms with van der Waals surface area (Å²) in [6, 6.07) is 0. The first-order chi connectivity index (χ1) is 12.2. The number of aryl methyl sites for hydroxylation is 1. The maximum absolute atomic E-state index is 12.7. The number of rotatable bonds is 8. The van der Waals surface area contributed by atoms with E-state index in [0.29, 0.717) is 5.56 Å². The number of hydrogen-bond acceptors (Lipinski definition) is 7. The third kappa shape index (κ3) is 4.72. The van der Waals surface area contributed by atoms with Crippen LogP contribution in [0.5, 0.6) is 0 Å². The Morgan fingerprint density at radius 3 is 2.58 bits per heavy atom. The molecule has 4 atom stereocenters. The summed E-state index contributed by atoms with van der Waals surface area (Å²) >= 11 is 0. The van der Waals surface area contributed by atoms with E-state index in [9.17, 15) is 19.3 Å². The highest BCUT2D eigenvalue weighted by atomic mass is 31.2. The topological polar surface area (TPSA) is 120 Å². The fourth-order valence-corrected chi connectivity index (χ4v) is 5.14. The molecule has 1 aromatic heterocycles. The van der Waals surface area contributed by atoms with Crippen LogP contribution in [0.4, 0.5) is 0 Å². The number of aromatic amines is 1. The zero-order valence-electron chi connectivity index (χ0n) is 15.5. The summed E-state index contributed by atoms with van der Waals surface area (Å²) in [5.41, 5.74) is -0.680. The van der Waals surface area contributed by atoms with Gasteiger partial charge in [-0.05, 0) is 26.7 Å². The molecule has 0 aromatic carbocycles. The van der Waals surface area contributed by atoms with Crippen molar-refractivity contribution in [3.63, 3.8) is 0 Å². The quantitative estimate of drug-likeness (QED) is 0.644. The van der Waals surface area contributed by atoms with E-state index in [-0.39, 0.29) is 31.7 Å². The molecular weight excluding hydrogens is 363 g/mol. The molecule has 10 heteroatoms. The molecule has 1 aromatic rings. The van der Waals surface area contributed by atoms with Crippen LogP contribution in [-0.4, -0.2) is 46.2 Å². The highest BCUT2D eigenvalue weighted by Crippen LogP contribution is 2.51. The van der Waals surface area contributed by atoms with E-state index < -0.39 is 37.3 Å². The summed E-state index contributed by atoms with van der Waals surface area (Å²) in [6.07, 6.45) is -0.480. The number of nitrogens with zero attached hydrogens (tertiary/aromatic N) is 1. The van der Waals surface area contributed by atoms with Gasteiger partial charge in [0.1, 0.15) is 6.23 Å². The molecule has 1 aliphatic rings. The Hall–Kier alpha value is -1.25. The van der Waals surface area contributed by atoms with E-state index in [1.165, 1.54) is 10.8 Å². The van der Waals surface area contributed by atoms with E-state index in [0.717, 1.165) is 0 Å². The molecule has 0 saturated carbocycles. The third-order valence-electron chi connectivity index (χ3n) is 4.32. The molecule has 1 aliphatic heterocycles. The van der Waals surface area contributed by atoms with Crippen molar-refractivity contribution in [2.75, 3.05) is 19.4 Å². The second-order valence-corrected chi connectivity index (χ2v) is 8.55. The van der Waals surface area contributed by atoms with Gasteiger partial charge in [0, 0.05) is 18.2 Å². The van der Waals surface area contributed by atoms with E-state index in [1.54, 1.807) is 27.7 Å². The molecule has 26 heavy (non-hydrogen) atoms. The zero-order valence-corrected chi connectivity index (χ0v) is 16.4. The van der Waals surface area contributed by atoms with Crippen molar-refractivity contribution in [1.82, 2.24) is 9.55 Å². The first kappa shape index (κ1) is 21.1. The second-order valence-electron chi connectivity index (χ2n) is 6.44. The summed E-state index contributed by atoms with van der Waals surface area (Å²) < 4.78 is 30.4. The van der Waals surface area contributed by atoms with Crippen LogP contribution in [0.2, 0.25) is 0 Å². The van der Waals surface area contributed by atoms with E-state index in [4.69, 9.17) is 13.8 Å². The minimum absolute atomic E-state index is 0.0999. The molecule has 9 nitrogen and oxygen atoms in total. The maximum atomic E-state index is 12.7. The van der Waals surface area contributed by atoms with Crippen LogP contribution in [0.1, 0.15) is 39.0 Å². The van der Waals surface area contributed by atoms with E-state index in [2.05, 4.69) is 4.98 Å². The van der Waals surface area contributed by atoms with Gasteiger partial charge >= 0.3 is 13.3 Å². The van der Waals surface area contributed by atoms with Crippen LogP contribution >= 0.6 is 7.60 Å². The lowest BCUT2D eigenvalue weighted by Crippen LogP contribution is -2.34. The Labute approximate surface area is 151 Å². The number of H-pyrrole nitrogens is 1. The van der Waals surface area contributed by atoms with Gasteiger partial charge in [-0.1, -0.05) is 6.92 Å². The Balaban J connectivity index is 2.15. The van der Waals surface area contributed by atoms with Crippen molar-refractivity contribution in [3.05, 3.63) is 32.6 Å². The molecule has 2 heterocycles. The lowest BCUT2D eigenvalue weighted by Gasteiger charge is -2.26. The zero-order chi connectivity index (χ0) is 19.5. The van der Waals surface area contributed by atoms with Crippen LogP contribution in [0.3, 0.4) is 0 Å². The number of hydrogen-bond donors (Lipinski definition) is 2. The van der Waals surface area contributed by atoms with Crippen LogP contribution in [0.25, 0.3) is 0 Å². The normalized spacial score (nSPS) is 24.7.